The van der Waals surface area contributed by atoms with Crippen molar-refractivity contribution >= 4 is 23.4 Å². The minimum Gasteiger partial charge on any atom is -0.456 e. The van der Waals surface area contributed by atoms with Gasteiger partial charge in [0.2, 0.25) is 0 Å². The lowest BCUT2D eigenvalue weighted by molar-refractivity contribution is 0.0924. The topological polar surface area (TPSA) is 107 Å². The molecule has 0 aromatic carbocycles. The van der Waals surface area contributed by atoms with Crippen molar-refractivity contribution in [3.63, 3.8) is 0 Å². The van der Waals surface area contributed by atoms with Crippen LogP contribution in [0.2, 0.25) is 0 Å². The first kappa shape index (κ1) is 13.4. The predicted molar refractivity (Wildman–Crippen MR) is 73.3 cm³/mol. The Hall–Kier alpha value is -1.99. The fraction of sp³-hybridized carbons (Fsp3) is 0.167. The van der Waals surface area contributed by atoms with Gasteiger partial charge in [-0.1, -0.05) is 0 Å². The van der Waals surface area contributed by atoms with Gasteiger partial charge in [-0.25, -0.2) is 10.8 Å². The van der Waals surface area contributed by atoms with E-state index < -0.39 is 5.91 Å². The molecule has 100 valence electrons. The van der Waals surface area contributed by atoms with Gasteiger partial charge in [0.15, 0.2) is 5.76 Å². The molecule has 0 spiro atoms. The fourth-order valence-electron chi connectivity index (χ4n) is 1.47. The summed E-state index contributed by atoms with van der Waals surface area (Å²) in [6.45, 7) is 1.81. The zero-order chi connectivity index (χ0) is 13.8. The van der Waals surface area contributed by atoms with E-state index in [1.54, 1.807) is 25.3 Å². The predicted octanol–water partition coefficient (Wildman–Crippen LogP) is 1.46. The number of nitrogen functional groups attached to an aromatic ring is 2. The molecule has 0 bridgehead atoms. The van der Waals surface area contributed by atoms with Crippen LogP contribution in [0.1, 0.15) is 21.9 Å². The lowest BCUT2D eigenvalue weighted by Crippen LogP contribution is -2.29. The number of amides is 1. The molecule has 0 fully saturated rings. The average Bonchev–Trinajstić information content (AvgIpc) is 2.79. The second kappa shape index (κ2) is 5.77. The van der Waals surface area contributed by atoms with Crippen molar-refractivity contribution in [2.75, 3.05) is 5.73 Å². The largest absolute Gasteiger partial charge is 0.456 e. The number of hydrazine groups is 1. The highest BCUT2D eigenvalue weighted by Gasteiger charge is 2.13. The Balaban J connectivity index is 2.05. The van der Waals surface area contributed by atoms with Gasteiger partial charge >= 0.3 is 5.91 Å². The van der Waals surface area contributed by atoms with Crippen LogP contribution in [0.15, 0.2) is 33.8 Å². The summed E-state index contributed by atoms with van der Waals surface area (Å²) in [6.07, 6.45) is 1.61. The second-order valence-corrected chi connectivity index (χ2v) is 4.88. The third-order valence-corrected chi connectivity index (χ3v) is 3.50. The number of hydrogen-bond donors (Lipinski definition) is 3. The minimum atomic E-state index is -0.440. The van der Waals surface area contributed by atoms with Gasteiger partial charge in [-0.15, -0.1) is 11.8 Å². The molecule has 0 saturated heterocycles. The van der Waals surface area contributed by atoms with Crippen molar-refractivity contribution in [1.29, 1.82) is 0 Å². The number of nitrogens with zero attached hydrogens (tertiary/aromatic N) is 1. The summed E-state index contributed by atoms with van der Waals surface area (Å²) in [5, 5.41) is 0.861. The van der Waals surface area contributed by atoms with E-state index >= 15 is 0 Å². The summed E-state index contributed by atoms with van der Waals surface area (Å²) in [7, 11) is 0. The quantitative estimate of drug-likeness (QED) is 0.338. The Labute approximate surface area is 114 Å². The van der Waals surface area contributed by atoms with E-state index in [2.05, 4.69) is 4.98 Å². The van der Waals surface area contributed by atoms with Crippen LogP contribution < -0.4 is 17.0 Å². The van der Waals surface area contributed by atoms with Crippen LogP contribution in [0.25, 0.3) is 0 Å². The van der Waals surface area contributed by atoms with Crippen LogP contribution in [-0.2, 0) is 5.75 Å². The van der Waals surface area contributed by atoms with Crippen molar-refractivity contribution < 1.29 is 9.21 Å². The number of anilines is 1. The molecule has 0 aliphatic heterocycles. The number of aryl methyl sites for hydroxylation is 1. The Morgan fingerprint density at radius 1 is 1.53 bits per heavy atom. The molecular formula is C12H14N4O2S. The molecule has 2 heterocycles. The fourth-order valence-corrected chi connectivity index (χ4v) is 2.36. The van der Waals surface area contributed by atoms with Crippen LogP contribution in [0.5, 0.6) is 0 Å². The Morgan fingerprint density at radius 3 is 2.95 bits per heavy atom. The summed E-state index contributed by atoms with van der Waals surface area (Å²) < 4.78 is 5.33. The van der Waals surface area contributed by atoms with Crippen LogP contribution in [0.4, 0.5) is 5.69 Å². The number of rotatable bonds is 4. The molecule has 0 aliphatic carbocycles. The molecule has 0 saturated carbocycles. The summed E-state index contributed by atoms with van der Waals surface area (Å²) in [4.78, 5) is 15.5. The molecule has 0 radical (unpaired) electrons. The van der Waals surface area contributed by atoms with Gasteiger partial charge in [0.1, 0.15) is 5.76 Å². The number of aromatic nitrogens is 1. The molecule has 1 amide bonds. The van der Waals surface area contributed by atoms with Gasteiger partial charge in [0.05, 0.1) is 16.9 Å². The molecule has 0 unspecified atom stereocenters. The van der Waals surface area contributed by atoms with Crippen LogP contribution in [0, 0.1) is 6.92 Å². The summed E-state index contributed by atoms with van der Waals surface area (Å²) in [5.41, 5.74) is 9.17. The third-order valence-electron chi connectivity index (χ3n) is 2.51. The molecule has 7 heteroatoms. The molecule has 5 N–H and O–H groups in total. The lowest BCUT2D eigenvalue weighted by atomic mass is 10.3. The van der Waals surface area contributed by atoms with Crippen molar-refractivity contribution in [3.05, 3.63) is 41.5 Å². The molecular weight excluding hydrogens is 264 g/mol. The van der Waals surface area contributed by atoms with E-state index in [1.807, 2.05) is 11.5 Å². The van der Waals surface area contributed by atoms with E-state index in [0.717, 1.165) is 10.6 Å². The highest BCUT2D eigenvalue weighted by molar-refractivity contribution is 7.98. The average molecular weight is 278 g/mol. The summed E-state index contributed by atoms with van der Waals surface area (Å²) >= 11 is 1.54. The maximum atomic E-state index is 11.3. The Morgan fingerprint density at radius 2 is 2.32 bits per heavy atom. The van der Waals surface area contributed by atoms with Crippen molar-refractivity contribution in [2.45, 2.75) is 17.7 Å². The number of nitrogens with two attached hydrogens (primary N) is 2. The van der Waals surface area contributed by atoms with Crippen molar-refractivity contribution in [1.82, 2.24) is 10.4 Å². The van der Waals surface area contributed by atoms with Crippen LogP contribution in [0.3, 0.4) is 0 Å². The van der Waals surface area contributed by atoms with Crippen LogP contribution >= 0.6 is 11.8 Å². The van der Waals surface area contributed by atoms with Gasteiger partial charge in [-0.3, -0.25) is 10.2 Å². The number of thioether (sulfide) groups is 1. The number of nitrogens with one attached hydrogen (secondary N) is 1. The molecule has 2 aromatic rings. The van der Waals surface area contributed by atoms with E-state index in [9.17, 15) is 4.79 Å². The first-order valence-electron chi connectivity index (χ1n) is 5.54. The molecule has 2 rings (SSSR count). The van der Waals surface area contributed by atoms with Gasteiger partial charge in [-0.05, 0) is 25.1 Å². The number of hydrogen-bond acceptors (Lipinski definition) is 6. The van der Waals surface area contributed by atoms with E-state index in [1.165, 1.54) is 11.8 Å². The summed E-state index contributed by atoms with van der Waals surface area (Å²) in [5.74, 6) is 6.18. The van der Waals surface area contributed by atoms with Gasteiger partial charge in [0.25, 0.3) is 0 Å². The van der Waals surface area contributed by atoms with Gasteiger partial charge in [-0.2, -0.15) is 0 Å². The lowest BCUT2D eigenvalue weighted by Gasteiger charge is -2.00. The van der Waals surface area contributed by atoms with Gasteiger partial charge < -0.3 is 10.2 Å². The highest BCUT2D eigenvalue weighted by Crippen LogP contribution is 2.25. The number of pyridine rings is 1. The standard InChI is InChI=1S/C12H14N4O2S/c1-7-8(4-10(18-7)12(17)16-14)6-19-11-3-2-9(13)5-15-11/h2-5H,6,13-14H2,1H3,(H,16,17). The zero-order valence-corrected chi connectivity index (χ0v) is 11.2. The van der Waals surface area contributed by atoms with E-state index in [0.29, 0.717) is 17.2 Å². The number of carbonyl (C=O) groups is 1. The Kier molecular flexibility index (Phi) is 4.08. The first-order chi connectivity index (χ1) is 9.10. The second-order valence-electron chi connectivity index (χ2n) is 3.88. The normalized spacial score (nSPS) is 10.4. The van der Waals surface area contributed by atoms with E-state index in [-0.39, 0.29) is 5.76 Å². The SMILES string of the molecule is Cc1oc(C(=O)NN)cc1CSc1ccc(N)cn1. The maximum absolute atomic E-state index is 11.3. The van der Waals surface area contributed by atoms with Crippen molar-refractivity contribution in [3.8, 4) is 0 Å². The Bertz CT molecular complexity index is 580. The number of carbonyl (C=O) groups excluding carboxylic acids is 1. The molecule has 0 atom stereocenters. The number of furan rings is 1. The van der Waals surface area contributed by atoms with Crippen LogP contribution in [-0.4, -0.2) is 10.9 Å². The van der Waals surface area contributed by atoms with Gasteiger partial charge in [0, 0.05) is 11.3 Å². The third kappa shape index (κ3) is 3.27. The smallest absolute Gasteiger partial charge is 0.300 e. The molecule has 0 aliphatic rings. The molecule has 2 aromatic heterocycles. The van der Waals surface area contributed by atoms with Crippen molar-refractivity contribution in [2.24, 2.45) is 5.84 Å². The minimum absolute atomic E-state index is 0.209. The van der Waals surface area contributed by atoms with E-state index in [4.69, 9.17) is 16.0 Å². The summed E-state index contributed by atoms with van der Waals surface area (Å²) in [6, 6.07) is 5.33. The highest BCUT2D eigenvalue weighted by atomic mass is 32.2. The maximum Gasteiger partial charge on any atom is 0.300 e. The monoisotopic (exact) mass is 278 g/mol. The first-order valence-corrected chi connectivity index (χ1v) is 6.53. The zero-order valence-electron chi connectivity index (χ0n) is 10.3. The molecule has 19 heavy (non-hydrogen) atoms. The molecule has 6 nitrogen and oxygen atoms in total.